The lowest BCUT2D eigenvalue weighted by molar-refractivity contribution is -0.162. The Morgan fingerprint density at radius 3 is 2.26 bits per heavy atom. The van der Waals surface area contributed by atoms with Crippen molar-refractivity contribution in [3.63, 3.8) is 0 Å². The number of ether oxygens (including phenoxy) is 1. The summed E-state index contributed by atoms with van der Waals surface area (Å²) in [5.74, 6) is 1.33. The van der Waals surface area contributed by atoms with Crippen LogP contribution in [0, 0.1) is 5.92 Å². The molecule has 31 heavy (non-hydrogen) atoms. The molecular formula is C20H27N3O6S2. The Bertz CT molecular complexity index is 1030. The van der Waals surface area contributed by atoms with Crippen molar-refractivity contribution in [2.24, 2.45) is 17.5 Å². The fourth-order valence-corrected chi connectivity index (χ4v) is 4.57. The molecule has 11 heteroatoms. The van der Waals surface area contributed by atoms with Gasteiger partial charge in [0.25, 0.3) is 0 Å². The summed E-state index contributed by atoms with van der Waals surface area (Å²) in [6, 6.07) is 5.78. The summed E-state index contributed by atoms with van der Waals surface area (Å²) in [6.07, 6.45) is 0.913. The van der Waals surface area contributed by atoms with Crippen LogP contribution < -0.4 is 11.6 Å². The van der Waals surface area contributed by atoms with Crippen LogP contribution >= 0.6 is 11.3 Å². The van der Waals surface area contributed by atoms with Crippen LogP contribution in [0.4, 0.5) is 0 Å². The highest BCUT2D eigenvalue weighted by Crippen LogP contribution is 2.33. The molecule has 0 fully saturated rings. The number of aromatic nitrogens is 1. The molecule has 0 radical (unpaired) electrons. The van der Waals surface area contributed by atoms with E-state index in [1.165, 1.54) is 23.5 Å². The maximum Gasteiger partial charge on any atom is 0.319 e. The molecule has 0 saturated heterocycles. The molecule has 0 aliphatic heterocycles. The topological polar surface area (TPSA) is 152 Å². The molecule has 2 aromatic rings. The summed E-state index contributed by atoms with van der Waals surface area (Å²) in [5, 5.41) is 2.44. The molecular weight excluding hydrogens is 442 g/mol. The SMILES string of the molecule is CCc1csc(C(Cc2ccc(S(=O)(=O)ON)cc2)C(C(N)=O)C(=O)OC(C)(C)C)n1. The quantitative estimate of drug-likeness (QED) is 0.322. The molecule has 2 rings (SSSR count). The van der Waals surface area contributed by atoms with Gasteiger partial charge in [0.2, 0.25) is 5.91 Å². The number of hydrogen-bond acceptors (Lipinski definition) is 9. The fourth-order valence-electron chi connectivity index (χ4n) is 2.95. The molecule has 4 N–H and O–H groups in total. The Balaban J connectivity index is 2.45. The minimum atomic E-state index is -4.04. The van der Waals surface area contributed by atoms with Crippen LogP contribution in [0.5, 0.6) is 0 Å². The Morgan fingerprint density at radius 1 is 1.19 bits per heavy atom. The van der Waals surface area contributed by atoms with Gasteiger partial charge >= 0.3 is 16.1 Å². The molecule has 0 spiro atoms. The number of aryl methyl sites for hydroxylation is 1. The maximum atomic E-state index is 12.9. The molecule has 1 amide bonds. The number of amides is 1. The zero-order chi connectivity index (χ0) is 23.4. The number of hydrogen-bond donors (Lipinski definition) is 2. The van der Waals surface area contributed by atoms with E-state index in [9.17, 15) is 18.0 Å². The van der Waals surface area contributed by atoms with Gasteiger partial charge in [-0.15, -0.1) is 11.3 Å². The van der Waals surface area contributed by atoms with Gasteiger partial charge in [-0.2, -0.15) is 18.6 Å². The summed E-state index contributed by atoms with van der Waals surface area (Å²) in [6.45, 7) is 7.06. The molecule has 0 bridgehead atoms. The number of primary amides is 1. The first-order valence-electron chi connectivity index (χ1n) is 9.56. The summed E-state index contributed by atoms with van der Waals surface area (Å²) in [5.41, 5.74) is 6.32. The molecule has 2 atom stereocenters. The van der Waals surface area contributed by atoms with Crippen LogP contribution in [0.1, 0.15) is 49.9 Å². The predicted molar refractivity (Wildman–Crippen MR) is 115 cm³/mol. The number of benzene rings is 1. The average molecular weight is 470 g/mol. The Morgan fingerprint density at radius 2 is 1.81 bits per heavy atom. The number of nitrogens with zero attached hydrogens (tertiary/aromatic N) is 1. The van der Waals surface area contributed by atoms with Gasteiger partial charge in [-0.1, -0.05) is 19.1 Å². The molecule has 1 aromatic heterocycles. The van der Waals surface area contributed by atoms with Gasteiger partial charge < -0.3 is 10.5 Å². The first-order chi connectivity index (χ1) is 14.4. The largest absolute Gasteiger partial charge is 0.459 e. The van der Waals surface area contributed by atoms with Gasteiger partial charge in [-0.3, -0.25) is 9.59 Å². The Hall–Kier alpha value is -2.34. The first kappa shape index (κ1) is 24.9. The lowest BCUT2D eigenvalue weighted by Gasteiger charge is -2.26. The Labute approximate surface area is 185 Å². The van der Waals surface area contributed by atoms with E-state index in [1.807, 2.05) is 12.3 Å². The van der Waals surface area contributed by atoms with Gasteiger partial charge in [0.15, 0.2) is 0 Å². The first-order valence-corrected chi connectivity index (χ1v) is 11.9. The van der Waals surface area contributed by atoms with E-state index in [1.54, 1.807) is 32.9 Å². The third-order valence-electron chi connectivity index (χ3n) is 4.41. The highest BCUT2D eigenvalue weighted by Gasteiger charge is 2.39. The van der Waals surface area contributed by atoms with Gasteiger partial charge in [0, 0.05) is 11.3 Å². The van der Waals surface area contributed by atoms with Crippen molar-refractivity contribution >= 4 is 33.3 Å². The molecule has 1 aromatic carbocycles. The number of carbonyl (C=O) groups excluding carboxylic acids is 2. The summed E-state index contributed by atoms with van der Waals surface area (Å²) >= 11 is 1.33. The second-order valence-electron chi connectivity index (χ2n) is 7.95. The smallest absolute Gasteiger partial charge is 0.319 e. The number of rotatable bonds is 9. The van der Waals surface area contributed by atoms with Crippen LogP contribution in [0.15, 0.2) is 34.5 Å². The second-order valence-corrected chi connectivity index (χ2v) is 10.4. The number of nitrogens with two attached hydrogens (primary N) is 2. The number of esters is 1. The van der Waals surface area contributed by atoms with Crippen molar-refractivity contribution in [2.75, 3.05) is 0 Å². The highest BCUT2D eigenvalue weighted by molar-refractivity contribution is 7.86. The molecule has 0 aliphatic rings. The minimum Gasteiger partial charge on any atom is -0.459 e. The van der Waals surface area contributed by atoms with Crippen molar-refractivity contribution in [2.45, 2.75) is 57.0 Å². The standard InChI is InChI=1S/C20H27N3O6S2/c1-5-13-11-30-18(23-13)15(16(17(21)24)19(25)28-20(2,3)4)10-12-6-8-14(9-7-12)31(26,27)29-22/h6-9,11,15-16H,5,10,22H2,1-4H3,(H2,21,24). The van der Waals surface area contributed by atoms with Crippen molar-refractivity contribution in [1.29, 1.82) is 0 Å². The molecule has 170 valence electrons. The van der Waals surface area contributed by atoms with Crippen molar-refractivity contribution in [3.05, 3.63) is 45.9 Å². The van der Waals surface area contributed by atoms with Gasteiger partial charge in [-0.25, -0.2) is 4.98 Å². The van der Waals surface area contributed by atoms with E-state index < -0.39 is 39.4 Å². The highest BCUT2D eigenvalue weighted by atomic mass is 32.2. The fraction of sp³-hybridized carbons (Fsp3) is 0.450. The summed E-state index contributed by atoms with van der Waals surface area (Å²) < 4.78 is 32.9. The summed E-state index contributed by atoms with van der Waals surface area (Å²) in [7, 11) is -4.04. The number of carbonyl (C=O) groups is 2. The molecule has 0 saturated carbocycles. The lowest BCUT2D eigenvalue weighted by atomic mass is 9.86. The van der Waals surface area contributed by atoms with E-state index in [4.69, 9.17) is 16.4 Å². The lowest BCUT2D eigenvalue weighted by Crippen LogP contribution is -2.40. The third-order valence-corrected chi connectivity index (χ3v) is 6.54. The molecule has 0 aliphatic carbocycles. The van der Waals surface area contributed by atoms with E-state index >= 15 is 0 Å². The van der Waals surface area contributed by atoms with E-state index in [0.717, 1.165) is 5.69 Å². The Kier molecular flexibility index (Phi) is 7.93. The average Bonchev–Trinajstić information content (AvgIpc) is 3.15. The van der Waals surface area contributed by atoms with Crippen LogP contribution in [0.25, 0.3) is 0 Å². The maximum absolute atomic E-state index is 12.9. The zero-order valence-electron chi connectivity index (χ0n) is 17.8. The minimum absolute atomic E-state index is 0.114. The third kappa shape index (κ3) is 6.57. The van der Waals surface area contributed by atoms with Gasteiger partial charge in [-0.05, 0) is 51.3 Å². The van der Waals surface area contributed by atoms with Crippen molar-refractivity contribution in [3.8, 4) is 0 Å². The van der Waals surface area contributed by atoms with Crippen LogP contribution in [0.2, 0.25) is 0 Å². The van der Waals surface area contributed by atoms with Crippen LogP contribution in [0.3, 0.4) is 0 Å². The van der Waals surface area contributed by atoms with Crippen molar-refractivity contribution in [1.82, 2.24) is 4.98 Å². The predicted octanol–water partition coefficient (Wildman–Crippen LogP) is 2.05. The van der Waals surface area contributed by atoms with E-state index in [2.05, 4.69) is 9.27 Å². The zero-order valence-corrected chi connectivity index (χ0v) is 19.5. The van der Waals surface area contributed by atoms with Crippen LogP contribution in [-0.4, -0.2) is 30.9 Å². The number of thiazole rings is 1. The van der Waals surface area contributed by atoms with Gasteiger partial charge in [0.05, 0.1) is 15.6 Å². The normalized spacial score (nSPS) is 14.1. The molecule has 2 unspecified atom stereocenters. The van der Waals surface area contributed by atoms with Gasteiger partial charge in [0.1, 0.15) is 11.5 Å². The summed E-state index contributed by atoms with van der Waals surface area (Å²) in [4.78, 5) is 29.6. The van der Waals surface area contributed by atoms with Crippen LogP contribution in [-0.2, 0) is 41.6 Å². The van der Waals surface area contributed by atoms with Crippen molar-refractivity contribution < 1.29 is 27.0 Å². The second kappa shape index (κ2) is 9.86. The van der Waals surface area contributed by atoms with E-state index in [0.29, 0.717) is 17.0 Å². The van der Waals surface area contributed by atoms with E-state index in [-0.39, 0.29) is 11.3 Å². The monoisotopic (exact) mass is 469 g/mol. The molecule has 1 heterocycles. The molecule has 9 nitrogen and oxygen atoms in total.